The molecular formula is C13H19BrN2O. The number of halogens is 1. The number of ether oxygens (including phenoxy) is 1. The predicted octanol–water partition coefficient (Wildman–Crippen LogP) is 2.91. The lowest BCUT2D eigenvalue weighted by Crippen LogP contribution is -2.28. The topological polar surface area (TPSA) is 47.3 Å². The van der Waals surface area contributed by atoms with Gasteiger partial charge in [0.25, 0.3) is 0 Å². The van der Waals surface area contributed by atoms with Gasteiger partial charge in [0.15, 0.2) is 0 Å². The number of nitrogens with two attached hydrogens (primary N) is 1. The van der Waals surface area contributed by atoms with Crippen LogP contribution < -0.4 is 11.3 Å². The first kappa shape index (κ1) is 13.0. The van der Waals surface area contributed by atoms with Crippen molar-refractivity contribution in [2.45, 2.75) is 37.8 Å². The van der Waals surface area contributed by atoms with E-state index in [0.29, 0.717) is 6.10 Å². The van der Waals surface area contributed by atoms with Crippen LogP contribution in [0, 0.1) is 0 Å². The highest BCUT2D eigenvalue weighted by Gasteiger charge is 2.18. The van der Waals surface area contributed by atoms with Gasteiger partial charge in [-0.05, 0) is 43.4 Å². The minimum absolute atomic E-state index is 0.215. The Hall–Kier alpha value is -0.420. The smallest absolute Gasteiger partial charge is 0.0576 e. The lowest BCUT2D eigenvalue weighted by molar-refractivity contribution is 0.0996. The Labute approximate surface area is 111 Å². The summed E-state index contributed by atoms with van der Waals surface area (Å²) < 4.78 is 6.72. The molecule has 3 N–H and O–H groups in total. The third-order valence-electron chi connectivity index (χ3n) is 3.27. The summed E-state index contributed by atoms with van der Waals surface area (Å²) in [5.74, 6) is 5.63. The van der Waals surface area contributed by atoms with Crippen molar-refractivity contribution in [1.29, 1.82) is 0 Å². The van der Waals surface area contributed by atoms with Crippen molar-refractivity contribution in [3.8, 4) is 0 Å². The van der Waals surface area contributed by atoms with Crippen molar-refractivity contribution in [3.05, 3.63) is 34.3 Å². The molecule has 0 bridgehead atoms. The Bertz CT molecular complexity index is 336. The summed E-state index contributed by atoms with van der Waals surface area (Å²) in [4.78, 5) is 0. The first-order valence-electron chi connectivity index (χ1n) is 6.13. The third kappa shape index (κ3) is 3.78. The monoisotopic (exact) mass is 298 g/mol. The van der Waals surface area contributed by atoms with Crippen molar-refractivity contribution in [3.63, 3.8) is 0 Å². The van der Waals surface area contributed by atoms with Gasteiger partial charge in [-0.25, -0.2) is 0 Å². The molecule has 0 saturated carbocycles. The fraction of sp³-hybridized carbons (Fsp3) is 0.538. The average Bonchev–Trinajstić information content (AvgIpc) is 2.85. The molecule has 17 heavy (non-hydrogen) atoms. The highest BCUT2D eigenvalue weighted by Crippen LogP contribution is 2.24. The molecule has 1 aliphatic rings. The van der Waals surface area contributed by atoms with Gasteiger partial charge in [-0.2, -0.15) is 0 Å². The first-order valence-corrected chi connectivity index (χ1v) is 6.92. The zero-order chi connectivity index (χ0) is 12.1. The fourth-order valence-corrected chi connectivity index (χ4v) is 2.53. The molecule has 1 heterocycles. The molecule has 0 aromatic heterocycles. The Morgan fingerprint density at radius 2 is 2.18 bits per heavy atom. The van der Waals surface area contributed by atoms with E-state index in [9.17, 15) is 0 Å². The van der Waals surface area contributed by atoms with Gasteiger partial charge in [0, 0.05) is 17.1 Å². The molecule has 3 nitrogen and oxygen atoms in total. The lowest BCUT2D eigenvalue weighted by atomic mass is 10.00. The average molecular weight is 299 g/mol. The number of rotatable bonds is 5. The van der Waals surface area contributed by atoms with E-state index in [1.54, 1.807) is 0 Å². The predicted molar refractivity (Wildman–Crippen MR) is 72.4 cm³/mol. The van der Waals surface area contributed by atoms with E-state index in [4.69, 9.17) is 10.6 Å². The standard InChI is InChI=1S/C13H19BrN2O/c14-11-5-3-10(4-6-11)13(16-15)8-7-12-2-1-9-17-12/h3-6,12-13,16H,1-2,7-9,15H2. The summed E-state index contributed by atoms with van der Waals surface area (Å²) in [7, 11) is 0. The second kappa shape index (κ2) is 6.50. The molecule has 1 aromatic carbocycles. The Kier molecular flexibility index (Phi) is 4.98. The molecule has 1 saturated heterocycles. The molecule has 2 unspecified atom stereocenters. The lowest BCUT2D eigenvalue weighted by Gasteiger charge is -2.18. The maximum atomic E-state index is 5.63. The molecular weight excluding hydrogens is 280 g/mol. The molecule has 1 fully saturated rings. The maximum absolute atomic E-state index is 5.63. The van der Waals surface area contributed by atoms with Crippen LogP contribution in [0.15, 0.2) is 28.7 Å². The van der Waals surface area contributed by atoms with Crippen molar-refractivity contribution in [1.82, 2.24) is 5.43 Å². The van der Waals surface area contributed by atoms with Gasteiger partial charge < -0.3 is 4.74 Å². The molecule has 2 atom stereocenters. The van der Waals surface area contributed by atoms with Gasteiger partial charge in [0.2, 0.25) is 0 Å². The van der Waals surface area contributed by atoms with E-state index < -0.39 is 0 Å². The molecule has 0 aliphatic carbocycles. The number of hydrogen-bond acceptors (Lipinski definition) is 3. The number of benzene rings is 1. The molecule has 0 radical (unpaired) electrons. The van der Waals surface area contributed by atoms with Crippen LogP contribution in [0.3, 0.4) is 0 Å². The largest absolute Gasteiger partial charge is 0.378 e. The van der Waals surface area contributed by atoms with Gasteiger partial charge in [-0.1, -0.05) is 28.1 Å². The van der Waals surface area contributed by atoms with Crippen molar-refractivity contribution >= 4 is 15.9 Å². The van der Waals surface area contributed by atoms with Crippen LogP contribution in [-0.4, -0.2) is 12.7 Å². The zero-order valence-electron chi connectivity index (χ0n) is 9.86. The van der Waals surface area contributed by atoms with E-state index in [0.717, 1.165) is 23.9 Å². The van der Waals surface area contributed by atoms with E-state index >= 15 is 0 Å². The molecule has 94 valence electrons. The van der Waals surface area contributed by atoms with E-state index in [2.05, 4.69) is 33.5 Å². The molecule has 2 rings (SSSR count). The van der Waals surface area contributed by atoms with E-state index in [1.807, 2.05) is 12.1 Å². The number of hydrogen-bond donors (Lipinski definition) is 2. The van der Waals surface area contributed by atoms with Gasteiger partial charge in [-0.15, -0.1) is 0 Å². The fourth-order valence-electron chi connectivity index (χ4n) is 2.27. The van der Waals surface area contributed by atoms with Gasteiger partial charge >= 0.3 is 0 Å². The first-order chi connectivity index (χ1) is 8.29. The summed E-state index contributed by atoms with van der Waals surface area (Å²) in [6.07, 6.45) is 4.91. The van der Waals surface area contributed by atoms with Crippen LogP contribution in [0.1, 0.15) is 37.3 Å². The Morgan fingerprint density at radius 1 is 1.41 bits per heavy atom. The summed E-state index contributed by atoms with van der Waals surface area (Å²) in [5, 5.41) is 0. The maximum Gasteiger partial charge on any atom is 0.0576 e. The third-order valence-corrected chi connectivity index (χ3v) is 3.80. The summed E-state index contributed by atoms with van der Waals surface area (Å²) in [6.45, 7) is 0.920. The van der Waals surface area contributed by atoms with Gasteiger partial charge in [0.05, 0.1) is 6.10 Å². The second-order valence-corrected chi connectivity index (χ2v) is 5.40. The second-order valence-electron chi connectivity index (χ2n) is 4.48. The van der Waals surface area contributed by atoms with Crippen molar-refractivity contribution < 1.29 is 4.74 Å². The number of nitrogens with one attached hydrogen (secondary N) is 1. The molecule has 4 heteroatoms. The molecule has 1 aromatic rings. The highest BCUT2D eigenvalue weighted by molar-refractivity contribution is 9.10. The van der Waals surface area contributed by atoms with Crippen molar-refractivity contribution in [2.75, 3.05) is 6.61 Å². The molecule has 0 amide bonds. The van der Waals surface area contributed by atoms with Gasteiger partial charge in [0.1, 0.15) is 0 Å². The van der Waals surface area contributed by atoms with Crippen LogP contribution >= 0.6 is 15.9 Å². The van der Waals surface area contributed by atoms with Crippen LogP contribution in [0.4, 0.5) is 0 Å². The van der Waals surface area contributed by atoms with Crippen LogP contribution in [0.2, 0.25) is 0 Å². The highest BCUT2D eigenvalue weighted by atomic mass is 79.9. The minimum Gasteiger partial charge on any atom is -0.378 e. The Morgan fingerprint density at radius 3 is 2.76 bits per heavy atom. The van der Waals surface area contributed by atoms with Crippen LogP contribution in [0.5, 0.6) is 0 Å². The summed E-state index contributed by atoms with van der Waals surface area (Å²) in [6, 6.07) is 8.51. The zero-order valence-corrected chi connectivity index (χ0v) is 11.4. The summed E-state index contributed by atoms with van der Waals surface area (Å²) in [5.41, 5.74) is 4.12. The van der Waals surface area contributed by atoms with E-state index in [1.165, 1.54) is 18.4 Å². The SMILES string of the molecule is NNC(CCC1CCCO1)c1ccc(Br)cc1. The normalized spacial score (nSPS) is 21.6. The summed E-state index contributed by atoms with van der Waals surface area (Å²) >= 11 is 3.44. The molecule has 1 aliphatic heterocycles. The minimum atomic E-state index is 0.215. The quantitative estimate of drug-likeness (QED) is 0.649. The van der Waals surface area contributed by atoms with Crippen molar-refractivity contribution in [2.24, 2.45) is 5.84 Å². The van der Waals surface area contributed by atoms with Crippen LogP contribution in [0.25, 0.3) is 0 Å². The Balaban J connectivity index is 1.89. The van der Waals surface area contributed by atoms with E-state index in [-0.39, 0.29) is 6.04 Å². The van der Waals surface area contributed by atoms with Gasteiger partial charge in [-0.3, -0.25) is 11.3 Å². The van der Waals surface area contributed by atoms with Crippen LogP contribution in [-0.2, 0) is 4.74 Å². The number of hydrazine groups is 1. The molecule has 0 spiro atoms.